The first kappa shape index (κ1) is 24.9. The van der Waals surface area contributed by atoms with Crippen molar-refractivity contribution in [1.82, 2.24) is 10.2 Å². The number of hydrogen-bond donors (Lipinski definition) is 3. The number of aliphatic carboxylic acids is 2. The van der Waals surface area contributed by atoms with Gasteiger partial charge in [0, 0.05) is 54.3 Å². The van der Waals surface area contributed by atoms with Gasteiger partial charge in [-0.25, -0.2) is 13.8 Å². The van der Waals surface area contributed by atoms with Crippen LogP contribution in [0.25, 0.3) is 0 Å². The fourth-order valence-electron chi connectivity index (χ4n) is 3.85. The molecule has 2 unspecified atom stereocenters. The smallest absolute Gasteiger partial charge is 0.328 e. The summed E-state index contributed by atoms with van der Waals surface area (Å²) < 4.78 is 18.7. The zero-order valence-corrected chi connectivity index (χ0v) is 19.6. The lowest BCUT2D eigenvalue weighted by atomic mass is 9.96. The third-order valence-corrected chi connectivity index (χ3v) is 7.16. The van der Waals surface area contributed by atoms with Crippen molar-refractivity contribution < 1.29 is 28.7 Å². The number of methoxy groups -OCH3 is 1. The Kier molecular flexibility index (Phi) is 8.62. The second-order valence-corrected chi connectivity index (χ2v) is 9.29. The topological polar surface area (TPSA) is 116 Å². The average molecular weight is 493 g/mol. The maximum absolute atomic E-state index is 13.3. The average Bonchev–Trinajstić information content (AvgIpc) is 2.93. The fourth-order valence-corrected chi connectivity index (χ4v) is 5.48. The van der Waals surface area contributed by atoms with Crippen molar-refractivity contribution in [2.75, 3.05) is 33.3 Å². The van der Waals surface area contributed by atoms with Crippen LogP contribution in [-0.4, -0.2) is 64.5 Å². The Labute approximate surface area is 199 Å². The monoisotopic (exact) mass is 492 g/mol. The molecule has 33 heavy (non-hydrogen) atoms. The molecule has 0 amide bonds. The number of nitrogens with zero attached hydrogens (tertiary/aromatic N) is 1. The Hall–Kier alpha value is -2.72. The molecule has 1 saturated heterocycles. The van der Waals surface area contributed by atoms with Gasteiger partial charge in [-0.05, 0) is 47.9 Å². The molecule has 2 aliphatic rings. The maximum Gasteiger partial charge on any atom is 0.328 e. The van der Waals surface area contributed by atoms with E-state index in [1.807, 2.05) is 30.3 Å². The molecule has 1 fully saturated rings. The van der Waals surface area contributed by atoms with Crippen molar-refractivity contribution in [2.24, 2.45) is 0 Å². The molecule has 2 atom stereocenters. The molecule has 0 aliphatic carbocycles. The molecule has 8 nitrogen and oxygen atoms in total. The van der Waals surface area contributed by atoms with Gasteiger partial charge in [-0.2, -0.15) is 0 Å². The van der Waals surface area contributed by atoms with Gasteiger partial charge in [0.1, 0.15) is 5.75 Å². The summed E-state index contributed by atoms with van der Waals surface area (Å²) in [4.78, 5) is 23.3. The highest BCUT2D eigenvalue weighted by molar-refractivity contribution is 7.85. The molecule has 10 heteroatoms. The maximum atomic E-state index is 13.3. The van der Waals surface area contributed by atoms with Gasteiger partial charge in [0.15, 0.2) is 0 Å². The predicted molar refractivity (Wildman–Crippen MR) is 124 cm³/mol. The minimum atomic E-state index is -1.26. The van der Waals surface area contributed by atoms with Crippen LogP contribution in [-0.2, 0) is 26.8 Å². The van der Waals surface area contributed by atoms with Gasteiger partial charge in [-0.1, -0.05) is 17.7 Å². The van der Waals surface area contributed by atoms with Crippen molar-refractivity contribution in [1.29, 1.82) is 0 Å². The summed E-state index contributed by atoms with van der Waals surface area (Å²) in [5.41, 5.74) is 2.21. The van der Waals surface area contributed by atoms with E-state index < -0.39 is 22.7 Å². The highest BCUT2D eigenvalue weighted by Gasteiger charge is 2.31. The van der Waals surface area contributed by atoms with Gasteiger partial charge in [-0.3, -0.25) is 4.90 Å². The Morgan fingerprint density at radius 1 is 1.09 bits per heavy atom. The van der Waals surface area contributed by atoms with Gasteiger partial charge in [0.2, 0.25) is 0 Å². The highest BCUT2D eigenvalue weighted by atomic mass is 35.5. The molecule has 0 radical (unpaired) electrons. The number of ether oxygens (including phenoxy) is 1. The SMILES string of the molecule is COc1ccc2c(c1)S(=O)c1ccc(Cl)cc1C(N1CCNCC1)C2.O=C(O)/C=C\C(=O)O. The number of carboxylic acid groups (broad SMARTS) is 2. The van der Waals surface area contributed by atoms with E-state index in [9.17, 15) is 13.8 Å². The molecule has 0 saturated carbocycles. The van der Waals surface area contributed by atoms with E-state index in [1.54, 1.807) is 7.11 Å². The van der Waals surface area contributed by atoms with E-state index in [0.29, 0.717) is 17.2 Å². The summed E-state index contributed by atoms with van der Waals surface area (Å²) in [5.74, 6) is -1.77. The number of nitrogens with one attached hydrogen (secondary N) is 1. The summed E-state index contributed by atoms with van der Waals surface area (Å²) in [7, 11) is 0.404. The fraction of sp³-hybridized carbons (Fsp3) is 0.304. The molecule has 0 aromatic heterocycles. The van der Waals surface area contributed by atoms with Crippen LogP contribution in [0.2, 0.25) is 5.02 Å². The van der Waals surface area contributed by atoms with Crippen molar-refractivity contribution >= 4 is 34.3 Å². The van der Waals surface area contributed by atoms with Crippen molar-refractivity contribution in [2.45, 2.75) is 22.3 Å². The Balaban J connectivity index is 0.000000331. The summed E-state index contributed by atoms with van der Waals surface area (Å²) in [6.07, 6.45) is 1.95. The molecule has 3 N–H and O–H groups in total. The minimum absolute atomic E-state index is 0.189. The second-order valence-electron chi connectivity index (χ2n) is 7.44. The van der Waals surface area contributed by atoms with Gasteiger partial charge in [0.25, 0.3) is 0 Å². The Morgan fingerprint density at radius 2 is 1.76 bits per heavy atom. The predicted octanol–water partition coefficient (Wildman–Crippen LogP) is 2.73. The van der Waals surface area contributed by atoms with E-state index in [4.69, 9.17) is 26.6 Å². The molecule has 2 aromatic rings. The number of rotatable bonds is 4. The lowest BCUT2D eigenvalue weighted by Crippen LogP contribution is -2.45. The van der Waals surface area contributed by atoms with Crippen LogP contribution in [0.1, 0.15) is 17.2 Å². The van der Waals surface area contributed by atoms with Crippen molar-refractivity contribution in [3.8, 4) is 5.75 Å². The van der Waals surface area contributed by atoms with Crippen LogP contribution in [0.3, 0.4) is 0 Å². The lowest BCUT2D eigenvalue weighted by molar-refractivity contribution is -0.134. The third kappa shape index (κ3) is 6.42. The van der Waals surface area contributed by atoms with Gasteiger partial charge >= 0.3 is 11.9 Å². The van der Waals surface area contributed by atoms with Crippen LogP contribution < -0.4 is 10.1 Å². The third-order valence-electron chi connectivity index (χ3n) is 5.38. The largest absolute Gasteiger partial charge is 0.497 e. The Morgan fingerprint density at radius 3 is 2.36 bits per heavy atom. The molecule has 2 aromatic carbocycles. The van der Waals surface area contributed by atoms with Crippen LogP contribution in [0.4, 0.5) is 0 Å². The minimum Gasteiger partial charge on any atom is -0.497 e. The standard InChI is InChI=1S/C19H21ClN2O2S.C4H4O4/c1-24-15-4-2-13-10-17(22-8-6-21-7-9-22)16-11-14(20)3-5-18(16)25(23)19(13)12-15;5-3(6)1-2-4(7)8/h2-5,11-12,17,21H,6-10H2,1H3;1-2H,(H,5,6)(H,7,8)/b;2-1-. The van der Waals surface area contributed by atoms with Crippen LogP contribution >= 0.6 is 11.6 Å². The van der Waals surface area contributed by atoms with Crippen LogP contribution in [0.15, 0.2) is 58.3 Å². The second kappa shape index (κ2) is 11.4. The first-order chi connectivity index (χ1) is 15.8. The van der Waals surface area contributed by atoms with Crippen molar-refractivity contribution in [3.05, 3.63) is 64.7 Å². The van der Waals surface area contributed by atoms with Crippen molar-refractivity contribution in [3.63, 3.8) is 0 Å². The first-order valence-electron chi connectivity index (χ1n) is 10.3. The molecular formula is C23H25ClN2O6S. The van der Waals surface area contributed by atoms with Gasteiger partial charge in [-0.15, -0.1) is 0 Å². The molecule has 176 valence electrons. The number of fused-ring (bicyclic) bond motifs is 2. The zero-order chi connectivity index (χ0) is 24.0. The van der Waals surface area contributed by atoms with E-state index >= 15 is 0 Å². The summed E-state index contributed by atoms with van der Waals surface area (Å²) in [5, 5.41) is 19.7. The van der Waals surface area contributed by atoms with Gasteiger partial charge in [0.05, 0.1) is 22.8 Å². The van der Waals surface area contributed by atoms with Gasteiger partial charge < -0.3 is 20.3 Å². The number of carbonyl (C=O) groups is 2. The number of carboxylic acids is 2. The summed E-state index contributed by atoms with van der Waals surface area (Å²) >= 11 is 6.29. The van der Waals surface area contributed by atoms with E-state index in [0.717, 1.165) is 59.3 Å². The molecule has 0 bridgehead atoms. The van der Waals surface area contributed by atoms with E-state index in [2.05, 4.69) is 16.3 Å². The molecule has 2 aliphatic heterocycles. The Bertz CT molecular complexity index is 1070. The number of halogens is 1. The molecule has 0 spiro atoms. The normalized spacial score (nSPS) is 20.1. The zero-order valence-electron chi connectivity index (χ0n) is 18.0. The number of piperazine rings is 1. The summed E-state index contributed by atoms with van der Waals surface area (Å²) in [6, 6.07) is 11.8. The van der Waals surface area contributed by atoms with Crippen LogP contribution in [0, 0.1) is 0 Å². The quantitative estimate of drug-likeness (QED) is 0.558. The first-order valence-corrected chi connectivity index (χ1v) is 11.8. The highest BCUT2D eigenvalue weighted by Crippen LogP contribution is 2.39. The summed E-state index contributed by atoms with van der Waals surface area (Å²) in [6.45, 7) is 3.92. The lowest BCUT2D eigenvalue weighted by Gasteiger charge is -2.35. The van der Waals surface area contributed by atoms with Crippen LogP contribution in [0.5, 0.6) is 5.75 Å². The molecular weight excluding hydrogens is 468 g/mol. The van der Waals surface area contributed by atoms with E-state index in [1.165, 1.54) is 0 Å². The molecule has 4 rings (SSSR count). The molecule has 2 heterocycles. The number of hydrogen-bond acceptors (Lipinski definition) is 6. The number of benzene rings is 2. The van der Waals surface area contributed by atoms with E-state index in [-0.39, 0.29) is 6.04 Å².